The van der Waals surface area contributed by atoms with E-state index in [1.807, 2.05) is 20.8 Å². The van der Waals surface area contributed by atoms with Gasteiger partial charge in [0.1, 0.15) is 5.39 Å². The second-order valence-corrected chi connectivity index (χ2v) is 7.45. The van der Waals surface area contributed by atoms with Gasteiger partial charge in [0.15, 0.2) is 5.65 Å². The Kier molecular flexibility index (Phi) is 4.06. The zero-order valence-corrected chi connectivity index (χ0v) is 14.4. The zero-order valence-electron chi connectivity index (χ0n) is 14.4. The summed E-state index contributed by atoms with van der Waals surface area (Å²) in [6.45, 7) is 7.57. The Morgan fingerprint density at radius 3 is 2.62 bits per heavy atom. The van der Waals surface area contributed by atoms with Crippen molar-refractivity contribution in [1.82, 2.24) is 19.7 Å². The normalized spacial score (nSPS) is 16.7. The number of nitrogens with two attached hydrogens (primary N) is 1. The molecule has 0 aromatic carbocycles. The summed E-state index contributed by atoms with van der Waals surface area (Å²) in [7, 11) is 0. The first-order valence-corrected chi connectivity index (χ1v) is 8.27. The van der Waals surface area contributed by atoms with Crippen LogP contribution in [0.1, 0.15) is 40.0 Å². The molecule has 1 amide bonds. The van der Waals surface area contributed by atoms with Crippen LogP contribution in [0, 0.1) is 5.92 Å². The lowest BCUT2D eigenvalue weighted by Gasteiger charge is -2.31. The molecule has 3 rings (SSSR count). The van der Waals surface area contributed by atoms with E-state index in [2.05, 4.69) is 20.0 Å². The van der Waals surface area contributed by atoms with E-state index in [4.69, 9.17) is 5.73 Å². The molecule has 8 nitrogen and oxygen atoms in total. The highest BCUT2D eigenvalue weighted by molar-refractivity contribution is 5.75. The van der Waals surface area contributed by atoms with Gasteiger partial charge in [-0.05, 0) is 39.5 Å². The number of fused-ring (bicyclic) bond motifs is 1. The third-order valence-corrected chi connectivity index (χ3v) is 4.46. The molecule has 0 saturated carbocycles. The van der Waals surface area contributed by atoms with Gasteiger partial charge in [0.05, 0.1) is 11.7 Å². The number of carbonyl (C=O) groups excluding carboxylic acids is 1. The minimum absolute atomic E-state index is 0.176. The highest BCUT2D eigenvalue weighted by atomic mass is 16.1. The summed E-state index contributed by atoms with van der Waals surface area (Å²) in [5.74, 6) is 0.626. The van der Waals surface area contributed by atoms with Crippen molar-refractivity contribution in [3.05, 3.63) is 16.6 Å². The SMILES string of the molecule is CC(C)(C)n1ncc2c(=O)[nH]c(N3CCC(CC(N)=O)CC3)nc21. The molecule has 0 bridgehead atoms. The number of aromatic nitrogens is 4. The fourth-order valence-electron chi connectivity index (χ4n) is 3.18. The van der Waals surface area contributed by atoms with E-state index in [-0.39, 0.29) is 17.0 Å². The number of hydrogen-bond acceptors (Lipinski definition) is 5. The van der Waals surface area contributed by atoms with E-state index >= 15 is 0 Å². The van der Waals surface area contributed by atoms with E-state index in [0.29, 0.717) is 29.3 Å². The van der Waals surface area contributed by atoms with Crippen molar-refractivity contribution in [1.29, 1.82) is 0 Å². The summed E-state index contributed by atoms with van der Waals surface area (Å²) >= 11 is 0. The molecule has 2 aromatic rings. The Morgan fingerprint density at radius 1 is 1.38 bits per heavy atom. The largest absolute Gasteiger partial charge is 0.370 e. The van der Waals surface area contributed by atoms with Crippen LogP contribution in [0.2, 0.25) is 0 Å². The molecule has 8 heteroatoms. The van der Waals surface area contributed by atoms with E-state index < -0.39 is 0 Å². The van der Waals surface area contributed by atoms with Crippen molar-refractivity contribution in [3.63, 3.8) is 0 Å². The monoisotopic (exact) mass is 332 g/mol. The molecule has 0 atom stereocenters. The van der Waals surface area contributed by atoms with Crippen LogP contribution < -0.4 is 16.2 Å². The quantitative estimate of drug-likeness (QED) is 0.870. The average molecular weight is 332 g/mol. The fraction of sp³-hybridized carbons (Fsp3) is 0.625. The summed E-state index contributed by atoms with van der Waals surface area (Å²) in [6.07, 6.45) is 3.72. The van der Waals surface area contributed by atoms with E-state index in [1.165, 1.54) is 0 Å². The van der Waals surface area contributed by atoms with Crippen molar-refractivity contribution >= 4 is 22.9 Å². The van der Waals surface area contributed by atoms with Crippen LogP contribution in [0.25, 0.3) is 11.0 Å². The maximum Gasteiger partial charge on any atom is 0.263 e. The lowest BCUT2D eigenvalue weighted by atomic mass is 9.93. The molecule has 1 aliphatic heterocycles. The van der Waals surface area contributed by atoms with Crippen LogP contribution in [0.5, 0.6) is 0 Å². The number of primary amides is 1. The molecular formula is C16H24N6O2. The Balaban J connectivity index is 1.88. The predicted molar refractivity (Wildman–Crippen MR) is 91.9 cm³/mol. The lowest BCUT2D eigenvalue weighted by molar-refractivity contribution is -0.119. The third kappa shape index (κ3) is 3.13. The number of anilines is 1. The topological polar surface area (TPSA) is 110 Å². The molecule has 1 fully saturated rings. The van der Waals surface area contributed by atoms with Gasteiger partial charge in [-0.15, -0.1) is 0 Å². The Morgan fingerprint density at radius 2 is 2.04 bits per heavy atom. The number of rotatable bonds is 3. The maximum absolute atomic E-state index is 12.4. The first kappa shape index (κ1) is 16.5. The van der Waals surface area contributed by atoms with Gasteiger partial charge in [-0.2, -0.15) is 10.1 Å². The molecule has 3 N–H and O–H groups in total. The number of hydrogen-bond donors (Lipinski definition) is 2. The number of nitrogens with one attached hydrogen (secondary N) is 1. The molecule has 2 aromatic heterocycles. The van der Waals surface area contributed by atoms with Crippen LogP contribution in [-0.4, -0.2) is 38.7 Å². The maximum atomic E-state index is 12.4. The summed E-state index contributed by atoms with van der Waals surface area (Å²) in [6, 6.07) is 0. The standard InChI is InChI=1S/C16H24N6O2/c1-16(2,3)22-13-11(9-18-22)14(24)20-15(19-13)21-6-4-10(5-7-21)8-12(17)23/h9-10H,4-8H2,1-3H3,(H2,17,23)(H,19,20,24). The zero-order chi connectivity index (χ0) is 17.5. The number of H-pyrrole nitrogens is 1. The molecule has 0 radical (unpaired) electrons. The van der Waals surface area contributed by atoms with Gasteiger partial charge in [-0.25, -0.2) is 4.68 Å². The second-order valence-electron chi connectivity index (χ2n) is 7.45. The molecule has 0 aliphatic carbocycles. The van der Waals surface area contributed by atoms with Crippen LogP contribution in [0.15, 0.2) is 11.0 Å². The fourth-order valence-corrected chi connectivity index (χ4v) is 3.18. The van der Waals surface area contributed by atoms with Gasteiger partial charge >= 0.3 is 0 Å². The van der Waals surface area contributed by atoms with Crippen molar-refractivity contribution in [2.24, 2.45) is 11.7 Å². The summed E-state index contributed by atoms with van der Waals surface area (Å²) in [5, 5.41) is 4.82. The Hall–Kier alpha value is -2.38. The van der Waals surface area contributed by atoms with Crippen molar-refractivity contribution in [3.8, 4) is 0 Å². The Bertz CT molecular complexity index is 808. The number of nitrogens with zero attached hydrogens (tertiary/aromatic N) is 4. The van der Waals surface area contributed by atoms with E-state index in [9.17, 15) is 9.59 Å². The molecular weight excluding hydrogens is 308 g/mol. The highest BCUT2D eigenvalue weighted by Crippen LogP contribution is 2.24. The molecule has 130 valence electrons. The third-order valence-electron chi connectivity index (χ3n) is 4.46. The van der Waals surface area contributed by atoms with Gasteiger partial charge in [-0.3, -0.25) is 14.6 Å². The van der Waals surface area contributed by atoms with Crippen LogP contribution in [0.4, 0.5) is 5.95 Å². The first-order valence-electron chi connectivity index (χ1n) is 8.27. The number of carbonyl (C=O) groups is 1. The predicted octanol–water partition coefficient (Wildman–Crippen LogP) is 0.966. The number of piperidine rings is 1. The molecule has 0 spiro atoms. The van der Waals surface area contributed by atoms with Gasteiger partial charge in [0.25, 0.3) is 5.56 Å². The molecule has 1 saturated heterocycles. The molecule has 1 aliphatic rings. The van der Waals surface area contributed by atoms with Gasteiger partial charge in [0.2, 0.25) is 11.9 Å². The smallest absolute Gasteiger partial charge is 0.263 e. The second kappa shape index (κ2) is 5.92. The molecule has 3 heterocycles. The Labute approximate surface area is 140 Å². The lowest BCUT2D eigenvalue weighted by Crippen LogP contribution is -2.37. The van der Waals surface area contributed by atoms with Crippen molar-refractivity contribution < 1.29 is 4.79 Å². The van der Waals surface area contributed by atoms with Gasteiger partial charge in [0, 0.05) is 19.5 Å². The van der Waals surface area contributed by atoms with Crippen LogP contribution in [-0.2, 0) is 10.3 Å². The first-order chi connectivity index (χ1) is 11.3. The van der Waals surface area contributed by atoms with E-state index in [1.54, 1.807) is 10.9 Å². The van der Waals surface area contributed by atoms with Crippen molar-refractivity contribution in [2.45, 2.75) is 45.6 Å². The molecule has 0 unspecified atom stereocenters. The number of aromatic amines is 1. The number of amides is 1. The minimum atomic E-state index is -0.256. The summed E-state index contributed by atoms with van der Waals surface area (Å²) in [4.78, 5) is 33.0. The van der Waals surface area contributed by atoms with Crippen LogP contribution >= 0.6 is 0 Å². The van der Waals surface area contributed by atoms with Gasteiger partial charge < -0.3 is 10.6 Å². The minimum Gasteiger partial charge on any atom is -0.370 e. The summed E-state index contributed by atoms with van der Waals surface area (Å²) < 4.78 is 1.78. The average Bonchev–Trinajstić information content (AvgIpc) is 2.92. The summed E-state index contributed by atoms with van der Waals surface area (Å²) in [5.41, 5.74) is 5.44. The van der Waals surface area contributed by atoms with E-state index in [0.717, 1.165) is 25.9 Å². The van der Waals surface area contributed by atoms with Crippen molar-refractivity contribution in [2.75, 3.05) is 18.0 Å². The van der Waals surface area contributed by atoms with Gasteiger partial charge in [-0.1, -0.05) is 0 Å². The molecule has 24 heavy (non-hydrogen) atoms. The highest BCUT2D eigenvalue weighted by Gasteiger charge is 2.24. The van der Waals surface area contributed by atoms with Crippen LogP contribution in [0.3, 0.4) is 0 Å².